The van der Waals surface area contributed by atoms with Gasteiger partial charge in [-0.3, -0.25) is 4.79 Å². The fourth-order valence-electron chi connectivity index (χ4n) is 2.69. The van der Waals surface area contributed by atoms with Gasteiger partial charge in [-0.25, -0.2) is 0 Å². The van der Waals surface area contributed by atoms with Crippen molar-refractivity contribution in [1.29, 1.82) is 0 Å². The average molecular weight is 255 g/mol. The number of nitrogens with zero attached hydrogens (tertiary/aromatic N) is 1. The van der Waals surface area contributed by atoms with Crippen molar-refractivity contribution in [2.75, 3.05) is 25.4 Å². The maximum absolute atomic E-state index is 12.4. The number of thioether (sulfide) groups is 1. The van der Waals surface area contributed by atoms with Crippen molar-refractivity contribution in [1.82, 2.24) is 4.90 Å². The Labute approximate surface area is 108 Å². The fraction of sp³-hybridized carbons (Fsp3) is 0.769. The molecule has 96 valence electrons. The molecule has 0 aromatic rings. The Bertz CT molecular complexity index is 330. The SMILES string of the molecule is CC1=C(C(=O)N2C[C@H](C)C[C@H](C)C2)SCCO1. The highest BCUT2D eigenvalue weighted by molar-refractivity contribution is 8.04. The van der Waals surface area contributed by atoms with Gasteiger partial charge in [0.25, 0.3) is 5.91 Å². The summed E-state index contributed by atoms with van der Waals surface area (Å²) < 4.78 is 5.47. The van der Waals surface area contributed by atoms with Crippen LogP contribution >= 0.6 is 11.8 Å². The minimum Gasteiger partial charge on any atom is -0.496 e. The number of hydrogen-bond acceptors (Lipinski definition) is 3. The van der Waals surface area contributed by atoms with Crippen molar-refractivity contribution in [3.05, 3.63) is 10.7 Å². The van der Waals surface area contributed by atoms with E-state index >= 15 is 0 Å². The topological polar surface area (TPSA) is 29.5 Å². The fourth-order valence-corrected chi connectivity index (χ4v) is 3.58. The second-order valence-corrected chi connectivity index (χ2v) is 6.34. The molecular weight excluding hydrogens is 234 g/mol. The van der Waals surface area contributed by atoms with E-state index in [1.807, 2.05) is 11.8 Å². The third kappa shape index (κ3) is 2.97. The normalized spacial score (nSPS) is 30.2. The molecule has 2 aliphatic heterocycles. The molecule has 0 bridgehead atoms. The van der Waals surface area contributed by atoms with Crippen LogP contribution in [0.1, 0.15) is 27.2 Å². The van der Waals surface area contributed by atoms with E-state index in [4.69, 9.17) is 4.74 Å². The van der Waals surface area contributed by atoms with Gasteiger partial charge in [-0.2, -0.15) is 0 Å². The molecule has 3 nitrogen and oxygen atoms in total. The lowest BCUT2D eigenvalue weighted by Crippen LogP contribution is -2.43. The van der Waals surface area contributed by atoms with Gasteiger partial charge in [-0.15, -0.1) is 11.8 Å². The predicted octanol–water partition coefficient (Wildman–Crippen LogP) is 2.49. The summed E-state index contributed by atoms with van der Waals surface area (Å²) in [5.74, 6) is 3.08. The number of amides is 1. The van der Waals surface area contributed by atoms with E-state index in [1.165, 1.54) is 6.42 Å². The van der Waals surface area contributed by atoms with Gasteiger partial charge in [0.05, 0.1) is 6.61 Å². The lowest BCUT2D eigenvalue weighted by Gasteiger charge is -2.36. The molecule has 2 rings (SSSR count). The third-order valence-corrected chi connectivity index (χ3v) is 4.44. The third-order valence-electron chi connectivity index (χ3n) is 3.32. The molecule has 2 heterocycles. The molecule has 0 aromatic carbocycles. The maximum atomic E-state index is 12.4. The Morgan fingerprint density at radius 3 is 2.59 bits per heavy atom. The number of likely N-dealkylation sites (tertiary alicyclic amines) is 1. The van der Waals surface area contributed by atoms with E-state index < -0.39 is 0 Å². The molecule has 1 amide bonds. The highest BCUT2D eigenvalue weighted by atomic mass is 32.2. The number of allylic oxidation sites excluding steroid dienone is 1. The lowest BCUT2D eigenvalue weighted by atomic mass is 9.92. The Balaban J connectivity index is 2.09. The number of ether oxygens (including phenoxy) is 1. The van der Waals surface area contributed by atoms with Gasteiger partial charge >= 0.3 is 0 Å². The summed E-state index contributed by atoms with van der Waals surface area (Å²) in [6, 6.07) is 0. The van der Waals surface area contributed by atoms with Crippen molar-refractivity contribution >= 4 is 17.7 Å². The second-order valence-electron chi connectivity index (χ2n) is 5.24. The summed E-state index contributed by atoms with van der Waals surface area (Å²) in [5, 5.41) is 0. The second kappa shape index (κ2) is 5.34. The minimum absolute atomic E-state index is 0.172. The largest absolute Gasteiger partial charge is 0.496 e. The summed E-state index contributed by atoms with van der Waals surface area (Å²) in [7, 11) is 0. The lowest BCUT2D eigenvalue weighted by molar-refractivity contribution is -0.129. The van der Waals surface area contributed by atoms with E-state index in [9.17, 15) is 4.79 Å². The molecule has 0 spiro atoms. The maximum Gasteiger partial charge on any atom is 0.263 e. The first-order valence-electron chi connectivity index (χ1n) is 6.33. The molecule has 0 aromatic heterocycles. The monoisotopic (exact) mass is 255 g/mol. The Hall–Kier alpha value is -0.640. The smallest absolute Gasteiger partial charge is 0.263 e. The summed E-state index contributed by atoms with van der Waals surface area (Å²) in [5.41, 5.74) is 0. The Kier molecular flexibility index (Phi) is 4.02. The zero-order valence-corrected chi connectivity index (χ0v) is 11.7. The van der Waals surface area contributed by atoms with Gasteiger partial charge in [0.1, 0.15) is 10.7 Å². The molecule has 4 heteroatoms. The van der Waals surface area contributed by atoms with Crippen molar-refractivity contribution < 1.29 is 9.53 Å². The molecule has 17 heavy (non-hydrogen) atoms. The summed E-state index contributed by atoms with van der Waals surface area (Å²) in [6.07, 6.45) is 1.23. The average Bonchev–Trinajstić information content (AvgIpc) is 2.27. The van der Waals surface area contributed by atoms with Crippen LogP contribution in [0, 0.1) is 11.8 Å². The summed E-state index contributed by atoms with van der Waals surface area (Å²) in [6.45, 7) is 8.85. The van der Waals surface area contributed by atoms with Crippen LogP contribution in [-0.2, 0) is 9.53 Å². The van der Waals surface area contributed by atoms with E-state index in [0.717, 1.165) is 36.1 Å². The van der Waals surface area contributed by atoms with E-state index in [2.05, 4.69) is 13.8 Å². The van der Waals surface area contributed by atoms with Crippen LogP contribution in [0.5, 0.6) is 0 Å². The first-order chi connectivity index (χ1) is 8.08. The standard InChI is InChI=1S/C13H21NO2S/c1-9-6-10(2)8-14(7-9)13(15)12-11(3)16-4-5-17-12/h9-10H,4-8H2,1-3H3/t9-,10+. The van der Waals surface area contributed by atoms with E-state index in [-0.39, 0.29) is 5.91 Å². The molecule has 0 saturated carbocycles. The van der Waals surface area contributed by atoms with Crippen LogP contribution in [-0.4, -0.2) is 36.3 Å². The molecule has 2 atom stereocenters. The van der Waals surface area contributed by atoms with Gasteiger partial charge in [0.15, 0.2) is 0 Å². The highest BCUT2D eigenvalue weighted by Crippen LogP contribution is 2.30. The van der Waals surface area contributed by atoms with Crippen LogP contribution in [0.4, 0.5) is 0 Å². The van der Waals surface area contributed by atoms with Gasteiger partial charge in [-0.1, -0.05) is 13.8 Å². The van der Waals surface area contributed by atoms with Crippen molar-refractivity contribution in [3.63, 3.8) is 0 Å². The van der Waals surface area contributed by atoms with Crippen LogP contribution in [0.2, 0.25) is 0 Å². The van der Waals surface area contributed by atoms with Gasteiger partial charge in [0.2, 0.25) is 0 Å². The number of hydrogen-bond donors (Lipinski definition) is 0. The van der Waals surface area contributed by atoms with Gasteiger partial charge < -0.3 is 9.64 Å². The molecule has 0 unspecified atom stereocenters. The van der Waals surface area contributed by atoms with Gasteiger partial charge in [0, 0.05) is 18.8 Å². The van der Waals surface area contributed by atoms with Crippen molar-refractivity contribution in [2.24, 2.45) is 11.8 Å². The van der Waals surface area contributed by atoms with Crippen LogP contribution in [0.25, 0.3) is 0 Å². The Morgan fingerprint density at radius 1 is 1.35 bits per heavy atom. The van der Waals surface area contributed by atoms with Crippen LogP contribution < -0.4 is 0 Å². The van der Waals surface area contributed by atoms with Crippen LogP contribution in [0.3, 0.4) is 0 Å². The van der Waals surface area contributed by atoms with Gasteiger partial charge in [-0.05, 0) is 25.2 Å². The molecular formula is C13H21NO2S. The molecule has 0 radical (unpaired) electrons. The summed E-state index contributed by atoms with van der Waals surface area (Å²) in [4.78, 5) is 15.2. The zero-order chi connectivity index (χ0) is 12.4. The Morgan fingerprint density at radius 2 is 2.00 bits per heavy atom. The highest BCUT2D eigenvalue weighted by Gasteiger charge is 2.29. The van der Waals surface area contributed by atoms with Crippen molar-refractivity contribution in [2.45, 2.75) is 27.2 Å². The molecule has 1 fully saturated rings. The minimum atomic E-state index is 0.172. The molecule has 2 aliphatic rings. The first kappa shape index (κ1) is 12.8. The predicted molar refractivity (Wildman–Crippen MR) is 70.6 cm³/mol. The van der Waals surface area contributed by atoms with E-state index in [0.29, 0.717) is 11.8 Å². The van der Waals surface area contributed by atoms with Crippen LogP contribution in [0.15, 0.2) is 10.7 Å². The number of rotatable bonds is 1. The summed E-state index contributed by atoms with van der Waals surface area (Å²) >= 11 is 1.64. The molecule has 0 aliphatic carbocycles. The van der Waals surface area contributed by atoms with Crippen molar-refractivity contribution in [3.8, 4) is 0 Å². The zero-order valence-electron chi connectivity index (χ0n) is 10.9. The molecule has 1 saturated heterocycles. The number of piperidine rings is 1. The quantitative estimate of drug-likeness (QED) is 0.721. The molecule has 0 N–H and O–H groups in total. The number of carbonyl (C=O) groups is 1. The number of carbonyl (C=O) groups excluding carboxylic acids is 1. The van der Waals surface area contributed by atoms with E-state index in [1.54, 1.807) is 11.8 Å². The first-order valence-corrected chi connectivity index (χ1v) is 7.32.